The van der Waals surface area contributed by atoms with Crippen molar-refractivity contribution in [3.63, 3.8) is 0 Å². The molecule has 1 aliphatic heterocycles. The van der Waals surface area contributed by atoms with Crippen LogP contribution in [0, 0.1) is 0 Å². The highest BCUT2D eigenvalue weighted by Gasteiger charge is 2.15. The summed E-state index contributed by atoms with van der Waals surface area (Å²) < 4.78 is 0. The van der Waals surface area contributed by atoms with Crippen LogP contribution in [-0.2, 0) is 17.6 Å². The number of fused-ring (bicyclic) bond motifs is 1. The van der Waals surface area contributed by atoms with Crippen LogP contribution in [0.15, 0.2) is 23.6 Å². The van der Waals surface area contributed by atoms with Gasteiger partial charge < -0.3 is 10.0 Å². The van der Waals surface area contributed by atoms with Gasteiger partial charge in [0, 0.05) is 36.6 Å². The van der Waals surface area contributed by atoms with Gasteiger partial charge in [-0.15, -0.1) is 11.3 Å². The number of aryl methyl sites for hydroxylation is 2. The molecule has 0 spiro atoms. The minimum atomic E-state index is -0.777. The van der Waals surface area contributed by atoms with E-state index in [1.165, 1.54) is 17.7 Å². The first-order chi connectivity index (χ1) is 10.1. The molecule has 1 aromatic carbocycles. The molecular weight excluding hydrogens is 284 g/mol. The Morgan fingerprint density at radius 3 is 3.14 bits per heavy atom. The van der Waals surface area contributed by atoms with Crippen molar-refractivity contribution in [2.24, 2.45) is 0 Å². The minimum Gasteiger partial charge on any atom is -0.481 e. The zero-order valence-corrected chi connectivity index (χ0v) is 12.8. The molecule has 2 aromatic rings. The van der Waals surface area contributed by atoms with E-state index in [0.717, 1.165) is 29.2 Å². The second-order valence-electron chi connectivity index (χ2n) is 5.41. The average molecular weight is 302 g/mol. The standard InChI is InChI=1S/C16H18N2O2S/c1-18-8-2-3-11-9-12(4-6-14(11)18)16-17-13(10-21-16)5-7-15(19)20/h4,6,9-10H,2-3,5,7-8H2,1H3,(H,19,20). The second-order valence-corrected chi connectivity index (χ2v) is 6.26. The fraction of sp³-hybridized carbons (Fsp3) is 0.375. The van der Waals surface area contributed by atoms with Crippen LogP contribution in [0.3, 0.4) is 0 Å². The summed E-state index contributed by atoms with van der Waals surface area (Å²) in [5.74, 6) is -0.777. The summed E-state index contributed by atoms with van der Waals surface area (Å²) in [6.07, 6.45) is 2.94. The molecule has 21 heavy (non-hydrogen) atoms. The van der Waals surface area contributed by atoms with Crippen molar-refractivity contribution in [3.05, 3.63) is 34.8 Å². The summed E-state index contributed by atoms with van der Waals surface area (Å²) >= 11 is 1.59. The summed E-state index contributed by atoms with van der Waals surface area (Å²) in [6, 6.07) is 6.51. The molecule has 0 fully saturated rings. The molecule has 1 aliphatic rings. The van der Waals surface area contributed by atoms with Crippen LogP contribution < -0.4 is 4.90 Å². The topological polar surface area (TPSA) is 53.4 Å². The molecule has 0 radical (unpaired) electrons. The largest absolute Gasteiger partial charge is 0.481 e. The van der Waals surface area contributed by atoms with Gasteiger partial charge in [-0.25, -0.2) is 4.98 Å². The Morgan fingerprint density at radius 1 is 1.48 bits per heavy atom. The van der Waals surface area contributed by atoms with Crippen molar-refractivity contribution < 1.29 is 9.90 Å². The van der Waals surface area contributed by atoms with Gasteiger partial charge in [0.1, 0.15) is 5.01 Å². The van der Waals surface area contributed by atoms with Crippen molar-refractivity contribution in [1.82, 2.24) is 4.98 Å². The van der Waals surface area contributed by atoms with Crippen LogP contribution in [0.25, 0.3) is 10.6 Å². The summed E-state index contributed by atoms with van der Waals surface area (Å²) in [5.41, 5.74) is 4.69. The zero-order valence-electron chi connectivity index (χ0n) is 12.0. The first kappa shape index (κ1) is 14.1. The lowest BCUT2D eigenvalue weighted by molar-refractivity contribution is -0.136. The Labute approximate surface area is 128 Å². The number of aromatic nitrogens is 1. The maximum absolute atomic E-state index is 10.6. The summed E-state index contributed by atoms with van der Waals surface area (Å²) in [7, 11) is 2.13. The van der Waals surface area contributed by atoms with Gasteiger partial charge in [0.2, 0.25) is 0 Å². The number of aliphatic carboxylic acids is 1. The van der Waals surface area contributed by atoms with E-state index in [1.807, 2.05) is 5.38 Å². The predicted octanol–water partition coefficient (Wildman–Crippen LogP) is 3.21. The highest BCUT2D eigenvalue weighted by atomic mass is 32.1. The lowest BCUT2D eigenvalue weighted by Gasteiger charge is -2.27. The fourth-order valence-electron chi connectivity index (χ4n) is 2.71. The maximum atomic E-state index is 10.6. The number of nitrogens with zero attached hydrogens (tertiary/aromatic N) is 2. The number of carboxylic acid groups (broad SMARTS) is 1. The van der Waals surface area contributed by atoms with Crippen LogP contribution in [0.5, 0.6) is 0 Å². The summed E-state index contributed by atoms with van der Waals surface area (Å²) in [5, 5.41) is 11.7. The zero-order chi connectivity index (χ0) is 14.8. The number of hydrogen-bond acceptors (Lipinski definition) is 4. The number of benzene rings is 1. The Bertz CT molecular complexity index is 666. The highest BCUT2D eigenvalue weighted by molar-refractivity contribution is 7.13. The van der Waals surface area contributed by atoms with Gasteiger partial charge >= 0.3 is 5.97 Å². The molecule has 0 saturated carbocycles. The first-order valence-corrected chi connectivity index (χ1v) is 8.02. The van der Waals surface area contributed by atoms with E-state index in [-0.39, 0.29) is 6.42 Å². The van der Waals surface area contributed by atoms with Gasteiger partial charge in [0.05, 0.1) is 12.1 Å². The molecular formula is C16H18N2O2S. The van der Waals surface area contributed by atoms with Crippen LogP contribution in [0.4, 0.5) is 5.69 Å². The molecule has 0 unspecified atom stereocenters. The van der Waals surface area contributed by atoms with E-state index in [4.69, 9.17) is 5.11 Å². The van der Waals surface area contributed by atoms with Gasteiger partial charge in [-0.2, -0.15) is 0 Å². The molecule has 0 saturated heterocycles. The van der Waals surface area contributed by atoms with Crippen LogP contribution in [0.1, 0.15) is 24.1 Å². The van der Waals surface area contributed by atoms with Crippen molar-refractivity contribution in [1.29, 1.82) is 0 Å². The van der Waals surface area contributed by atoms with Gasteiger partial charge in [-0.1, -0.05) is 0 Å². The van der Waals surface area contributed by atoms with E-state index in [1.54, 1.807) is 11.3 Å². The van der Waals surface area contributed by atoms with Crippen molar-refractivity contribution in [2.75, 3.05) is 18.5 Å². The Hall–Kier alpha value is -1.88. The molecule has 0 amide bonds. The molecule has 5 heteroatoms. The number of hydrogen-bond donors (Lipinski definition) is 1. The summed E-state index contributed by atoms with van der Waals surface area (Å²) in [4.78, 5) is 17.5. The van der Waals surface area contributed by atoms with Crippen molar-refractivity contribution >= 4 is 23.0 Å². The van der Waals surface area contributed by atoms with Crippen LogP contribution >= 0.6 is 11.3 Å². The lowest BCUT2D eigenvalue weighted by atomic mass is 10.00. The molecule has 0 bridgehead atoms. The van der Waals surface area contributed by atoms with Gasteiger partial charge in [-0.05, 0) is 36.6 Å². The third kappa shape index (κ3) is 3.08. The fourth-order valence-corrected chi connectivity index (χ4v) is 3.56. The van der Waals surface area contributed by atoms with E-state index in [0.29, 0.717) is 6.42 Å². The van der Waals surface area contributed by atoms with Crippen molar-refractivity contribution in [3.8, 4) is 10.6 Å². The van der Waals surface area contributed by atoms with Gasteiger partial charge in [0.25, 0.3) is 0 Å². The highest BCUT2D eigenvalue weighted by Crippen LogP contribution is 2.32. The average Bonchev–Trinajstić information content (AvgIpc) is 2.94. The predicted molar refractivity (Wildman–Crippen MR) is 85.1 cm³/mol. The molecule has 0 atom stereocenters. The first-order valence-electron chi connectivity index (χ1n) is 7.14. The molecule has 1 aromatic heterocycles. The molecule has 4 nitrogen and oxygen atoms in total. The second kappa shape index (κ2) is 5.85. The van der Waals surface area contributed by atoms with Gasteiger partial charge in [0.15, 0.2) is 0 Å². The Balaban J connectivity index is 1.82. The third-order valence-corrected chi connectivity index (χ3v) is 4.76. The molecule has 110 valence electrons. The minimum absolute atomic E-state index is 0.137. The molecule has 0 aliphatic carbocycles. The third-order valence-electron chi connectivity index (χ3n) is 3.82. The number of carbonyl (C=O) groups is 1. The monoisotopic (exact) mass is 302 g/mol. The Kier molecular flexibility index (Phi) is 3.92. The number of thiazole rings is 1. The number of anilines is 1. The maximum Gasteiger partial charge on any atom is 0.303 e. The van der Waals surface area contributed by atoms with E-state index < -0.39 is 5.97 Å². The molecule has 3 rings (SSSR count). The molecule has 1 N–H and O–H groups in total. The van der Waals surface area contributed by atoms with E-state index >= 15 is 0 Å². The smallest absolute Gasteiger partial charge is 0.303 e. The number of carboxylic acids is 1. The quantitative estimate of drug-likeness (QED) is 0.942. The number of rotatable bonds is 4. The van der Waals surface area contributed by atoms with Crippen LogP contribution in [0.2, 0.25) is 0 Å². The lowest BCUT2D eigenvalue weighted by Crippen LogP contribution is -2.24. The molecule has 2 heterocycles. The van der Waals surface area contributed by atoms with E-state index in [9.17, 15) is 4.79 Å². The summed E-state index contributed by atoms with van der Waals surface area (Å²) in [6.45, 7) is 1.11. The van der Waals surface area contributed by atoms with Crippen molar-refractivity contribution in [2.45, 2.75) is 25.7 Å². The van der Waals surface area contributed by atoms with Crippen LogP contribution in [-0.4, -0.2) is 29.7 Å². The Morgan fingerprint density at radius 2 is 2.33 bits per heavy atom. The van der Waals surface area contributed by atoms with Gasteiger partial charge in [-0.3, -0.25) is 4.79 Å². The normalized spacial score (nSPS) is 14.0. The van der Waals surface area contributed by atoms with E-state index in [2.05, 4.69) is 35.1 Å². The SMILES string of the molecule is CN1CCCc2cc(-c3nc(CCC(=O)O)cs3)ccc21.